The van der Waals surface area contributed by atoms with Crippen molar-refractivity contribution >= 4 is 5.91 Å². The van der Waals surface area contributed by atoms with Gasteiger partial charge in [0.15, 0.2) is 5.89 Å². The molecule has 3 aliphatic rings. The first-order valence-corrected chi connectivity index (χ1v) is 7.09. The summed E-state index contributed by atoms with van der Waals surface area (Å²) in [6, 6.07) is 0.308. The molecule has 5 heteroatoms. The third kappa shape index (κ3) is 2.66. The Morgan fingerprint density at radius 2 is 2.32 bits per heavy atom. The van der Waals surface area contributed by atoms with E-state index in [4.69, 9.17) is 4.42 Å². The molecule has 3 aliphatic heterocycles. The summed E-state index contributed by atoms with van der Waals surface area (Å²) in [4.78, 5) is 18.6. The molecule has 0 spiro atoms. The molecule has 1 aromatic rings. The maximum atomic E-state index is 11.8. The normalized spacial score (nSPS) is 27.6. The van der Waals surface area contributed by atoms with Crippen molar-refractivity contribution in [2.24, 2.45) is 5.92 Å². The summed E-state index contributed by atoms with van der Waals surface area (Å²) in [5.41, 5.74) is 0.970. The van der Waals surface area contributed by atoms with Gasteiger partial charge in [-0.15, -0.1) is 0 Å². The zero-order chi connectivity index (χ0) is 13.4. The molecule has 5 nitrogen and oxygen atoms in total. The van der Waals surface area contributed by atoms with E-state index in [1.807, 2.05) is 0 Å². The highest BCUT2D eigenvalue weighted by molar-refractivity contribution is 5.80. The highest BCUT2D eigenvalue weighted by Gasteiger charge is 2.34. The SMILES string of the molecule is CC(C)c1nc(CN2C[C@@H]3CC[C@H](C2)C(=O)N3)co1. The summed E-state index contributed by atoms with van der Waals surface area (Å²) in [6.07, 6.45) is 3.86. The Morgan fingerprint density at radius 3 is 3.00 bits per heavy atom. The third-order valence-electron chi connectivity index (χ3n) is 3.99. The van der Waals surface area contributed by atoms with Gasteiger partial charge >= 0.3 is 0 Å². The molecule has 2 bridgehead atoms. The second-order valence-corrected chi connectivity index (χ2v) is 6.01. The molecule has 1 N–H and O–H groups in total. The Morgan fingerprint density at radius 1 is 1.47 bits per heavy atom. The van der Waals surface area contributed by atoms with E-state index in [1.54, 1.807) is 6.26 Å². The van der Waals surface area contributed by atoms with Crippen LogP contribution in [0.3, 0.4) is 0 Å². The van der Waals surface area contributed by atoms with Crippen molar-refractivity contribution in [3.8, 4) is 0 Å². The minimum absolute atomic E-state index is 0.148. The van der Waals surface area contributed by atoms with Gasteiger partial charge in [-0.1, -0.05) is 13.8 Å². The van der Waals surface area contributed by atoms with Gasteiger partial charge in [0.05, 0.1) is 11.6 Å². The monoisotopic (exact) mass is 263 g/mol. The molecular formula is C14H21N3O2. The molecule has 0 saturated carbocycles. The fraction of sp³-hybridized carbons (Fsp3) is 0.714. The average molecular weight is 263 g/mol. The Balaban J connectivity index is 1.68. The summed E-state index contributed by atoms with van der Waals surface area (Å²) in [5, 5.41) is 3.09. The van der Waals surface area contributed by atoms with Gasteiger partial charge in [-0.2, -0.15) is 0 Å². The second kappa shape index (κ2) is 4.96. The zero-order valence-electron chi connectivity index (χ0n) is 11.6. The van der Waals surface area contributed by atoms with E-state index in [0.717, 1.165) is 44.1 Å². The van der Waals surface area contributed by atoms with Crippen molar-refractivity contribution in [1.29, 1.82) is 0 Å². The molecule has 0 aromatic carbocycles. The number of fused-ring (bicyclic) bond motifs is 4. The lowest BCUT2D eigenvalue weighted by Gasteiger charge is -2.22. The third-order valence-corrected chi connectivity index (χ3v) is 3.99. The number of carbonyl (C=O) groups excluding carboxylic acids is 1. The van der Waals surface area contributed by atoms with Gasteiger partial charge in [-0.3, -0.25) is 9.69 Å². The topological polar surface area (TPSA) is 58.4 Å². The standard InChI is InChI=1S/C14H21N3O2/c1-9(2)14-16-12(8-19-14)7-17-5-10-3-4-11(6-17)15-13(10)18/h8-11H,3-7H2,1-2H3,(H,15,18)/t10-,11+/m1/s1. The number of nitrogens with zero attached hydrogens (tertiary/aromatic N) is 2. The first kappa shape index (κ1) is 12.7. The molecule has 0 radical (unpaired) electrons. The molecule has 4 rings (SSSR count). The van der Waals surface area contributed by atoms with Crippen LogP contribution >= 0.6 is 0 Å². The first-order valence-electron chi connectivity index (χ1n) is 7.09. The van der Waals surface area contributed by atoms with Crippen molar-refractivity contribution in [2.75, 3.05) is 13.1 Å². The molecule has 2 atom stereocenters. The smallest absolute Gasteiger partial charge is 0.224 e. The van der Waals surface area contributed by atoms with Gasteiger partial charge in [-0.25, -0.2) is 4.98 Å². The molecule has 3 fully saturated rings. The molecule has 0 unspecified atom stereocenters. The van der Waals surface area contributed by atoms with Crippen molar-refractivity contribution in [3.63, 3.8) is 0 Å². The fourth-order valence-corrected chi connectivity index (χ4v) is 2.95. The predicted octanol–water partition coefficient (Wildman–Crippen LogP) is 1.51. The minimum atomic E-state index is 0.148. The van der Waals surface area contributed by atoms with Crippen molar-refractivity contribution < 1.29 is 9.21 Å². The van der Waals surface area contributed by atoms with Crippen LogP contribution in [0, 0.1) is 5.92 Å². The van der Waals surface area contributed by atoms with Crippen LogP contribution in [0.4, 0.5) is 0 Å². The highest BCUT2D eigenvalue weighted by atomic mass is 16.3. The zero-order valence-corrected chi connectivity index (χ0v) is 11.6. The lowest BCUT2D eigenvalue weighted by atomic mass is 9.96. The summed E-state index contributed by atoms with van der Waals surface area (Å²) < 4.78 is 5.47. The molecule has 19 heavy (non-hydrogen) atoms. The van der Waals surface area contributed by atoms with Gasteiger partial charge < -0.3 is 9.73 Å². The van der Waals surface area contributed by atoms with E-state index in [2.05, 4.69) is 29.0 Å². The average Bonchev–Trinajstić information content (AvgIpc) is 2.66. The van der Waals surface area contributed by atoms with Crippen LogP contribution in [0.15, 0.2) is 10.7 Å². The van der Waals surface area contributed by atoms with Crippen LogP contribution in [0.2, 0.25) is 0 Å². The van der Waals surface area contributed by atoms with Gasteiger partial charge in [0.1, 0.15) is 6.26 Å². The number of amides is 1. The van der Waals surface area contributed by atoms with Crippen LogP contribution in [-0.2, 0) is 11.3 Å². The molecule has 3 saturated heterocycles. The summed E-state index contributed by atoms with van der Waals surface area (Å²) >= 11 is 0. The number of nitrogens with one attached hydrogen (secondary N) is 1. The summed E-state index contributed by atoms with van der Waals surface area (Å²) in [5.74, 6) is 1.48. The first-order chi connectivity index (χ1) is 9.11. The number of carbonyl (C=O) groups is 1. The van der Waals surface area contributed by atoms with E-state index in [1.165, 1.54) is 0 Å². The number of hydrogen-bond acceptors (Lipinski definition) is 4. The maximum absolute atomic E-state index is 11.8. The Hall–Kier alpha value is -1.36. The van der Waals surface area contributed by atoms with Gasteiger partial charge in [0, 0.05) is 31.6 Å². The summed E-state index contributed by atoms with van der Waals surface area (Å²) in [7, 11) is 0. The maximum Gasteiger partial charge on any atom is 0.224 e. The van der Waals surface area contributed by atoms with E-state index >= 15 is 0 Å². The van der Waals surface area contributed by atoms with Gasteiger partial charge in [0.25, 0.3) is 0 Å². The van der Waals surface area contributed by atoms with Crippen molar-refractivity contribution in [3.05, 3.63) is 17.8 Å². The van der Waals surface area contributed by atoms with E-state index in [0.29, 0.717) is 12.0 Å². The molecule has 1 aromatic heterocycles. The number of aromatic nitrogens is 1. The number of piperidine rings is 1. The Bertz CT molecular complexity index is 469. The van der Waals surface area contributed by atoms with Crippen LogP contribution < -0.4 is 5.32 Å². The molecule has 1 amide bonds. The highest BCUT2D eigenvalue weighted by Crippen LogP contribution is 2.24. The van der Waals surface area contributed by atoms with E-state index < -0.39 is 0 Å². The lowest BCUT2D eigenvalue weighted by Crippen LogP contribution is -2.43. The molecule has 4 heterocycles. The largest absolute Gasteiger partial charge is 0.448 e. The van der Waals surface area contributed by atoms with Crippen molar-refractivity contribution in [1.82, 2.24) is 15.2 Å². The van der Waals surface area contributed by atoms with Crippen LogP contribution in [0.1, 0.15) is 44.2 Å². The van der Waals surface area contributed by atoms with E-state index in [9.17, 15) is 4.79 Å². The number of hydrogen-bond donors (Lipinski definition) is 1. The van der Waals surface area contributed by atoms with Crippen LogP contribution in [-0.4, -0.2) is 34.9 Å². The molecule has 0 aliphatic carbocycles. The second-order valence-electron chi connectivity index (χ2n) is 6.01. The predicted molar refractivity (Wildman–Crippen MR) is 70.5 cm³/mol. The quantitative estimate of drug-likeness (QED) is 0.898. The van der Waals surface area contributed by atoms with Gasteiger partial charge in [-0.05, 0) is 12.8 Å². The summed E-state index contributed by atoms with van der Waals surface area (Å²) in [6.45, 7) is 6.69. The fourth-order valence-electron chi connectivity index (χ4n) is 2.95. The van der Waals surface area contributed by atoms with Crippen LogP contribution in [0.5, 0.6) is 0 Å². The number of oxazole rings is 1. The Labute approximate surface area is 113 Å². The number of rotatable bonds is 3. The Kier molecular flexibility index (Phi) is 3.31. The van der Waals surface area contributed by atoms with Crippen LogP contribution in [0.25, 0.3) is 0 Å². The molecule has 104 valence electrons. The molecular weight excluding hydrogens is 242 g/mol. The minimum Gasteiger partial charge on any atom is -0.448 e. The van der Waals surface area contributed by atoms with Gasteiger partial charge in [0.2, 0.25) is 5.91 Å². The van der Waals surface area contributed by atoms with E-state index in [-0.39, 0.29) is 11.8 Å². The van der Waals surface area contributed by atoms with Crippen molar-refractivity contribution in [2.45, 2.75) is 45.2 Å². The lowest BCUT2D eigenvalue weighted by molar-refractivity contribution is -0.126.